The van der Waals surface area contributed by atoms with E-state index in [1.54, 1.807) is 0 Å². The average Bonchev–Trinajstić information content (AvgIpc) is 2.11. The zero-order chi connectivity index (χ0) is 11.6. The number of nitrogens with two attached hydrogens (primary N) is 2. The lowest BCUT2D eigenvalue weighted by molar-refractivity contribution is -0.136. The first-order chi connectivity index (χ1) is 6.91. The Morgan fingerprint density at radius 1 is 1.53 bits per heavy atom. The average molecular weight is 217 g/mol. The van der Waals surface area contributed by atoms with E-state index in [1.165, 1.54) is 0 Å². The second-order valence-corrected chi connectivity index (χ2v) is 2.87. The number of alkyl halides is 2. The molecule has 0 aromatic carbocycles. The van der Waals surface area contributed by atoms with E-state index in [9.17, 15) is 13.6 Å². The van der Waals surface area contributed by atoms with Crippen LogP contribution in [0.5, 0.6) is 0 Å². The van der Waals surface area contributed by atoms with Crippen molar-refractivity contribution in [1.82, 2.24) is 4.98 Å². The number of rotatable bonds is 3. The lowest BCUT2D eigenvalue weighted by Crippen LogP contribution is -2.10. The molecule has 0 aliphatic heterocycles. The molecule has 1 aromatic heterocycles. The molecule has 82 valence electrons. The van der Waals surface area contributed by atoms with E-state index in [0.29, 0.717) is 0 Å². The van der Waals surface area contributed by atoms with Crippen LogP contribution in [0.1, 0.15) is 17.8 Å². The van der Waals surface area contributed by atoms with Crippen LogP contribution in [0, 0.1) is 0 Å². The molecule has 1 aromatic rings. The third-order valence-corrected chi connectivity index (χ3v) is 1.73. The third kappa shape index (κ3) is 2.52. The number of anilines is 2. The van der Waals surface area contributed by atoms with Crippen molar-refractivity contribution in [3.8, 4) is 0 Å². The van der Waals surface area contributed by atoms with Gasteiger partial charge in [0, 0.05) is 0 Å². The van der Waals surface area contributed by atoms with Crippen molar-refractivity contribution in [3.63, 3.8) is 0 Å². The van der Waals surface area contributed by atoms with Crippen molar-refractivity contribution in [1.29, 1.82) is 0 Å². The lowest BCUT2D eigenvalue weighted by Gasteiger charge is -2.08. The number of carbonyl (C=O) groups is 1. The molecule has 5 N–H and O–H groups in total. The SMILES string of the molecule is Nc1cc(C(F)F)nc(CC(=O)O)c1N. The summed E-state index contributed by atoms with van der Waals surface area (Å²) in [6, 6.07) is 0.936. The molecule has 0 fully saturated rings. The van der Waals surface area contributed by atoms with Gasteiger partial charge in [-0.05, 0) is 6.07 Å². The van der Waals surface area contributed by atoms with Crippen molar-refractivity contribution in [2.24, 2.45) is 0 Å². The molecule has 0 unspecified atom stereocenters. The van der Waals surface area contributed by atoms with Crippen LogP contribution >= 0.6 is 0 Å². The first kappa shape index (κ1) is 11.2. The molecule has 5 nitrogen and oxygen atoms in total. The Hall–Kier alpha value is -1.92. The zero-order valence-corrected chi connectivity index (χ0v) is 7.58. The number of halogens is 2. The Balaban J connectivity index is 3.18. The quantitative estimate of drug-likeness (QED) is 0.695. The fraction of sp³-hybridized carbons (Fsp3) is 0.250. The zero-order valence-electron chi connectivity index (χ0n) is 7.58. The highest BCUT2D eigenvalue weighted by molar-refractivity contribution is 5.75. The van der Waals surface area contributed by atoms with Gasteiger partial charge in [-0.15, -0.1) is 0 Å². The van der Waals surface area contributed by atoms with Gasteiger partial charge in [-0.25, -0.2) is 13.8 Å². The van der Waals surface area contributed by atoms with Crippen LogP contribution in [0.2, 0.25) is 0 Å². The summed E-state index contributed by atoms with van der Waals surface area (Å²) in [6.45, 7) is 0. The molecular weight excluding hydrogens is 208 g/mol. The minimum atomic E-state index is -2.81. The summed E-state index contributed by atoms with van der Waals surface area (Å²) in [7, 11) is 0. The second-order valence-electron chi connectivity index (χ2n) is 2.87. The van der Waals surface area contributed by atoms with Gasteiger partial charge in [-0.3, -0.25) is 4.79 Å². The molecule has 0 atom stereocenters. The number of aromatic nitrogens is 1. The molecule has 1 heterocycles. The predicted octanol–water partition coefficient (Wildman–Crippen LogP) is 0.811. The Bertz CT molecular complexity index is 396. The molecule has 7 heteroatoms. The van der Waals surface area contributed by atoms with Crippen molar-refractivity contribution in [2.45, 2.75) is 12.8 Å². The number of hydrogen-bond acceptors (Lipinski definition) is 4. The number of hydrogen-bond donors (Lipinski definition) is 3. The molecule has 0 radical (unpaired) electrons. The summed E-state index contributed by atoms with van der Waals surface area (Å²) >= 11 is 0. The Morgan fingerprint density at radius 2 is 2.13 bits per heavy atom. The van der Waals surface area contributed by atoms with Gasteiger partial charge in [0.05, 0.1) is 23.5 Å². The summed E-state index contributed by atoms with van der Waals surface area (Å²) in [6.07, 6.45) is -3.34. The van der Waals surface area contributed by atoms with E-state index in [2.05, 4.69) is 4.98 Å². The number of aliphatic carboxylic acids is 1. The monoisotopic (exact) mass is 217 g/mol. The maximum absolute atomic E-state index is 12.3. The molecule has 0 aliphatic carbocycles. The number of pyridine rings is 1. The van der Waals surface area contributed by atoms with Gasteiger partial charge in [0.2, 0.25) is 0 Å². The van der Waals surface area contributed by atoms with Gasteiger partial charge in [0.15, 0.2) is 0 Å². The number of nitrogens with zero attached hydrogens (tertiary/aromatic N) is 1. The predicted molar refractivity (Wildman–Crippen MR) is 49.4 cm³/mol. The van der Waals surface area contributed by atoms with Gasteiger partial charge < -0.3 is 16.6 Å². The maximum atomic E-state index is 12.3. The van der Waals surface area contributed by atoms with E-state index >= 15 is 0 Å². The van der Waals surface area contributed by atoms with Crippen molar-refractivity contribution in [3.05, 3.63) is 17.5 Å². The summed E-state index contributed by atoms with van der Waals surface area (Å²) in [5.41, 5.74) is 9.88. The van der Waals surface area contributed by atoms with E-state index in [1.807, 2.05) is 0 Å². The fourth-order valence-corrected chi connectivity index (χ4v) is 1.04. The molecule has 0 saturated heterocycles. The summed E-state index contributed by atoms with van der Waals surface area (Å²) in [5, 5.41) is 8.49. The van der Waals surface area contributed by atoms with Crippen molar-refractivity contribution >= 4 is 17.3 Å². The van der Waals surface area contributed by atoms with E-state index in [0.717, 1.165) is 6.07 Å². The van der Waals surface area contributed by atoms with Crippen molar-refractivity contribution in [2.75, 3.05) is 11.5 Å². The van der Waals surface area contributed by atoms with Crippen LogP contribution in [0.4, 0.5) is 20.2 Å². The lowest BCUT2D eigenvalue weighted by atomic mass is 10.2. The van der Waals surface area contributed by atoms with Crippen LogP contribution in [-0.4, -0.2) is 16.1 Å². The summed E-state index contributed by atoms with van der Waals surface area (Å²) in [4.78, 5) is 13.8. The number of nitrogen functional groups attached to an aromatic ring is 2. The highest BCUT2D eigenvalue weighted by Gasteiger charge is 2.16. The second kappa shape index (κ2) is 4.07. The summed E-state index contributed by atoms with van der Waals surface area (Å²) < 4.78 is 24.6. The molecule has 0 spiro atoms. The van der Waals surface area contributed by atoms with Crippen LogP contribution in [-0.2, 0) is 11.2 Å². The van der Waals surface area contributed by atoms with E-state index < -0.39 is 24.5 Å². The Morgan fingerprint density at radius 3 is 2.60 bits per heavy atom. The molecule has 15 heavy (non-hydrogen) atoms. The van der Waals surface area contributed by atoms with Gasteiger partial charge in [0.1, 0.15) is 5.69 Å². The minimum absolute atomic E-state index is 0.0678. The topological polar surface area (TPSA) is 102 Å². The third-order valence-electron chi connectivity index (χ3n) is 1.73. The summed E-state index contributed by atoms with van der Waals surface area (Å²) in [5.74, 6) is -1.21. The first-order valence-corrected chi connectivity index (χ1v) is 3.96. The molecule has 0 saturated carbocycles. The molecule has 0 aliphatic rings. The molecular formula is C8H9F2N3O2. The Kier molecular flexibility index (Phi) is 3.03. The van der Waals surface area contributed by atoms with Crippen molar-refractivity contribution < 1.29 is 18.7 Å². The first-order valence-electron chi connectivity index (χ1n) is 3.96. The van der Waals surface area contributed by atoms with Gasteiger partial charge in [0.25, 0.3) is 6.43 Å². The van der Waals surface area contributed by atoms with Crippen LogP contribution < -0.4 is 11.5 Å². The molecule has 0 amide bonds. The van der Waals surface area contributed by atoms with Gasteiger partial charge in [-0.2, -0.15) is 0 Å². The molecule has 1 rings (SSSR count). The smallest absolute Gasteiger partial charge is 0.309 e. The van der Waals surface area contributed by atoms with Crippen LogP contribution in [0.25, 0.3) is 0 Å². The van der Waals surface area contributed by atoms with E-state index in [-0.39, 0.29) is 17.1 Å². The standard InChI is InChI=1S/C8H9F2N3O2/c9-8(10)5-1-3(11)7(12)4(13-5)2-6(14)15/h1,8H,2,12H2,(H2,11,13)(H,14,15). The highest BCUT2D eigenvalue weighted by Crippen LogP contribution is 2.25. The highest BCUT2D eigenvalue weighted by atomic mass is 19.3. The van der Waals surface area contributed by atoms with E-state index in [4.69, 9.17) is 16.6 Å². The Labute approximate surface area is 83.7 Å². The van der Waals surface area contributed by atoms with Gasteiger partial charge in [-0.1, -0.05) is 0 Å². The minimum Gasteiger partial charge on any atom is -0.481 e. The number of carboxylic acid groups (broad SMARTS) is 1. The van der Waals surface area contributed by atoms with Gasteiger partial charge >= 0.3 is 5.97 Å². The number of carboxylic acids is 1. The molecule has 0 bridgehead atoms. The van der Waals surface area contributed by atoms with Crippen LogP contribution in [0.3, 0.4) is 0 Å². The normalized spacial score (nSPS) is 10.6. The largest absolute Gasteiger partial charge is 0.481 e. The fourth-order valence-electron chi connectivity index (χ4n) is 1.04. The maximum Gasteiger partial charge on any atom is 0.309 e. The van der Waals surface area contributed by atoms with Crippen LogP contribution in [0.15, 0.2) is 6.07 Å².